The molecule has 0 radical (unpaired) electrons. The van der Waals surface area contributed by atoms with Gasteiger partial charge < -0.3 is 4.90 Å². The van der Waals surface area contributed by atoms with E-state index >= 15 is 0 Å². The lowest BCUT2D eigenvalue weighted by atomic mass is 10.0. The number of nitrogens with zero attached hydrogens (tertiary/aromatic N) is 1. The summed E-state index contributed by atoms with van der Waals surface area (Å²) in [7, 11) is 0. The summed E-state index contributed by atoms with van der Waals surface area (Å²) in [5, 5.41) is 4.18. The van der Waals surface area contributed by atoms with Gasteiger partial charge in [0.15, 0.2) is 0 Å². The normalized spacial score (nSPS) is 22.7. The number of amides is 3. The minimum Gasteiger partial charge on any atom is -0.322 e. The number of carbonyl (C=O) groups excluding carboxylic acids is 3. The monoisotopic (exact) mass is 278 g/mol. The number of nitrogens with one attached hydrogen (secondary N) is 1. The van der Waals surface area contributed by atoms with E-state index in [1.807, 2.05) is 5.38 Å². The second-order valence-corrected chi connectivity index (χ2v) is 5.77. The molecule has 1 fully saturated rings. The molecule has 3 rings (SSSR count). The fourth-order valence-electron chi connectivity index (χ4n) is 2.70. The van der Waals surface area contributed by atoms with Crippen molar-refractivity contribution in [2.75, 3.05) is 0 Å². The zero-order chi connectivity index (χ0) is 13.6. The maximum Gasteiger partial charge on any atom is 0.256 e. The molecule has 19 heavy (non-hydrogen) atoms. The fraction of sp³-hybridized carbons (Fsp3) is 0.462. The van der Waals surface area contributed by atoms with E-state index in [0.29, 0.717) is 19.4 Å². The SMILES string of the molecule is CCc1scc2c1CN(C1CCC(=O)NC1=O)C2=O. The van der Waals surface area contributed by atoms with Gasteiger partial charge in [0.1, 0.15) is 6.04 Å². The summed E-state index contributed by atoms with van der Waals surface area (Å²) in [6.07, 6.45) is 1.62. The highest BCUT2D eigenvalue weighted by Gasteiger charge is 2.40. The Bertz CT molecular complexity index is 578. The lowest BCUT2D eigenvalue weighted by molar-refractivity contribution is -0.136. The molecule has 100 valence electrons. The van der Waals surface area contributed by atoms with Crippen LogP contribution in [-0.4, -0.2) is 28.7 Å². The molecular formula is C13H14N2O3S. The van der Waals surface area contributed by atoms with Gasteiger partial charge >= 0.3 is 0 Å². The predicted molar refractivity (Wildman–Crippen MR) is 69.7 cm³/mol. The van der Waals surface area contributed by atoms with Gasteiger partial charge in [-0.15, -0.1) is 11.3 Å². The average molecular weight is 278 g/mol. The van der Waals surface area contributed by atoms with Gasteiger partial charge in [0.05, 0.1) is 5.56 Å². The van der Waals surface area contributed by atoms with Gasteiger partial charge in [-0.3, -0.25) is 19.7 Å². The molecular weight excluding hydrogens is 264 g/mol. The first-order valence-corrected chi connectivity index (χ1v) is 7.23. The highest BCUT2D eigenvalue weighted by molar-refractivity contribution is 7.10. The van der Waals surface area contributed by atoms with Crippen LogP contribution in [0.4, 0.5) is 0 Å². The van der Waals surface area contributed by atoms with Crippen LogP contribution in [0, 0.1) is 0 Å². The number of imide groups is 1. The fourth-order valence-corrected chi connectivity index (χ4v) is 3.69. The van der Waals surface area contributed by atoms with Gasteiger partial charge in [0, 0.05) is 23.2 Å². The Morgan fingerprint density at radius 2 is 2.21 bits per heavy atom. The summed E-state index contributed by atoms with van der Waals surface area (Å²) in [6, 6.07) is -0.507. The van der Waals surface area contributed by atoms with Crippen LogP contribution in [0.25, 0.3) is 0 Å². The van der Waals surface area contributed by atoms with Crippen LogP contribution in [0.3, 0.4) is 0 Å². The molecule has 3 amide bonds. The van der Waals surface area contributed by atoms with E-state index in [1.54, 1.807) is 16.2 Å². The van der Waals surface area contributed by atoms with Crippen molar-refractivity contribution in [2.45, 2.75) is 38.8 Å². The van der Waals surface area contributed by atoms with Crippen molar-refractivity contribution < 1.29 is 14.4 Å². The molecule has 0 saturated carbocycles. The first-order chi connectivity index (χ1) is 9.11. The quantitative estimate of drug-likeness (QED) is 0.823. The first kappa shape index (κ1) is 12.3. The maximum absolute atomic E-state index is 12.3. The third-order valence-corrected chi connectivity index (χ3v) is 4.88. The standard InChI is InChI=1S/C13H14N2O3S/c1-2-10-7-5-15(13(18)8(7)6-19-10)9-3-4-11(16)14-12(9)17/h6,9H,2-5H2,1H3,(H,14,16,17). The number of rotatable bonds is 2. The molecule has 0 aromatic carbocycles. The maximum atomic E-state index is 12.3. The number of piperidine rings is 1. The van der Waals surface area contributed by atoms with E-state index in [9.17, 15) is 14.4 Å². The summed E-state index contributed by atoms with van der Waals surface area (Å²) < 4.78 is 0. The van der Waals surface area contributed by atoms with Gasteiger partial charge in [0.25, 0.3) is 5.91 Å². The molecule has 2 aliphatic heterocycles. The van der Waals surface area contributed by atoms with Crippen LogP contribution >= 0.6 is 11.3 Å². The molecule has 6 heteroatoms. The predicted octanol–water partition coefficient (Wildman–Crippen LogP) is 1.07. The highest BCUT2D eigenvalue weighted by atomic mass is 32.1. The Hall–Kier alpha value is -1.69. The third-order valence-electron chi connectivity index (χ3n) is 3.71. The van der Waals surface area contributed by atoms with Gasteiger partial charge in [-0.1, -0.05) is 6.92 Å². The second kappa shape index (κ2) is 4.45. The molecule has 0 spiro atoms. The van der Waals surface area contributed by atoms with Crippen LogP contribution in [0.15, 0.2) is 5.38 Å². The molecule has 1 saturated heterocycles. The molecule has 1 N–H and O–H groups in total. The topological polar surface area (TPSA) is 66.5 Å². The summed E-state index contributed by atoms with van der Waals surface area (Å²) in [5.41, 5.74) is 1.79. The van der Waals surface area contributed by atoms with Gasteiger partial charge in [-0.25, -0.2) is 0 Å². The van der Waals surface area contributed by atoms with Crippen LogP contribution in [0.5, 0.6) is 0 Å². The Morgan fingerprint density at radius 1 is 1.42 bits per heavy atom. The zero-order valence-electron chi connectivity index (χ0n) is 10.6. The highest BCUT2D eigenvalue weighted by Crippen LogP contribution is 2.33. The summed E-state index contributed by atoms with van der Waals surface area (Å²) >= 11 is 1.60. The van der Waals surface area contributed by atoms with Crippen molar-refractivity contribution >= 4 is 29.1 Å². The van der Waals surface area contributed by atoms with Gasteiger partial charge in [-0.05, 0) is 18.4 Å². The summed E-state index contributed by atoms with van der Waals surface area (Å²) in [4.78, 5) is 38.1. The number of hydrogen-bond acceptors (Lipinski definition) is 4. The molecule has 1 atom stereocenters. The minimum atomic E-state index is -0.507. The number of fused-ring (bicyclic) bond motifs is 1. The van der Waals surface area contributed by atoms with E-state index in [2.05, 4.69) is 12.2 Å². The smallest absolute Gasteiger partial charge is 0.256 e. The van der Waals surface area contributed by atoms with Crippen molar-refractivity contribution in [3.63, 3.8) is 0 Å². The van der Waals surface area contributed by atoms with E-state index in [0.717, 1.165) is 17.5 Å². The average Bonchev–Trinajstić information content (AvgIpc) is 2.91. The van der Waals surface area contributed by atoms with Crippen molar-refractivity contribution in [1.82, 2.24) is 10.2 Å². The zero-order valence-corrected chi connectivity index (χ0v) is 11.4. The van der Waals surface area contributed by atoms with Crippen LogP contribution in [0.2, 0.25) is 0 Å². The molecule has 5 nitrogen and oxygen atoms in total. The number of thiophene rings is 1. The lowest BCUT2D eigenvalue weighted by Gasteiger charge is -2.29. The molecule has 1 aromatic rings. The molecule has 3 heterocycles. The number of hydrogen-bond donors (Lipinski definition) is 1. The van der Waals surface area contributed by atoms with Crippen LogP contribution < -0.4 is 5.32 Å². The van der Waals surface area contributed by atoms with E-state index in [1.165, 1.54) is 4.88 Å². The molecule has 2 aliphatic rings. The summed E-state index contributed by atoms with van der Waals surface area (Å²) in [5.74, 6) is -0.687. The molecule has 0 aliphatic carbocycles. The molecule has 1 unspecified atom stereocenters. The van der Waals surface area contributed by atoms with E-state index in [-0.39, 0.29) is 17.7 Å². The van der Waals surface area contributed by atoms with Gasteiger partial charge in [0.2, 0.25) is 11.8 Å². The Balaban J connectivity index is 1.85. The molecule has 0 bridgehead atoms. The minimum absolute atomic E-state index is 0.0829. The lowest BCUT2D eigenvalue weighted by Crippen LogP contribution is -2.52. The van der Waals surface area contributed by atoms with Crippen molar-refractivity contribution in [1.29, 1.82) is 0 Å². The largest absolute Gasteiger partial charge is 0.322 e. The third kappa shape index (κ3) is 1.87. The van der Waals surface area contributed by atoms with E-state index < -0.39 is 6.04 Å². The van der Waals surface area contributed by atoms with Gasteiger partial charge in [-0.2, -0.15) is 0 Å². The van der Waals surface area contributed by atoms with Crippen LogP contribution in [-0.2, 0) is 22.6 Å². The van der Waals surface area contributed by atoms with Crippen molar-refractivity contribution in [2.24, 2.45) is 0 Å². The van der Waals surface area contributed by atoms with E-state index in [4.69, 9.17) is 0 Å². The molecule has 1 aromatic heterocycles. The second-order valence-electron chi connectivity index (χ2n) is 4.80. The van der Waals surface area contributed by atoms with Crippen molar-refractivity contribution in [3.05, 3.63) is 21.4 Å². The summed E-state index contributed by atoms with van der Waals surface area (Å²) in [6.45, 7) is 2.55. The Labute approximate surface area is 114 Å². The van der Waals surface area contributed by atoms with Crippen molar-refractivity contribution in [3.8, 4) is 0 Å². The number of carbonyl (C=O) groups is 3. The van der Waals surface area contributed by atoms with Crippen LogP contribution in [0.1, 0.15) is 40.6 Å². The first-order valence-electron chi connectivity index (χ1n) is 6.35. The number of aryl methyl sites for hydroxylation is 1. The Morgan fingerprint density at radius 3 is 2.89 bits per heavy atom. The Kier molecular flexibility index (Phi) is 2.89.